The Labute approximate surface area is 257 Å². The average molecular weight is 579 g/mol. The molecule has 42 heavy (non-hydrogen) atoms. The van der Waals surface area contributed by atoms with Gasteiger partial charge in [0, 0.05) is 16.2 Å². The molecule has 0 bridgehead atoms. The summed E-state index contributed by atoms with van der Waals surface area (Å²) in [5.41, 5.74) is 10.1. The zero-order chi connectivity index (χ0) is 31.3. The van der Waals surface area contributed by atoms with E-state index in [0.717, 1.165) is 16.2 Å². The third kappa shape index (κ3) is 6.44. The van der Waals surface area contributed by atoms with E-state index in [0.29, 0.717) is 0 Å². The molecule has 4 rings (SSSR count). The molecule has 0 aliphatic heterocycles. The van der Waals surface area contributed by atoms with Gasteiger partial charge in [-0.1, -0.05) is 168 Å². The van der Waals surface area contributed by atoms with Crippen molar-refractivity contribution in [3.63, 3.8) is 0 Å². The maximum absolute atomic E-state index is 12.1. The molecule has 0 heterocycles. The van der Waals surface area contributed by atoms with E-state index >= 15 is 0 Å². The molecule has 0 spiro atoms. The fourth-order valence-electron chi connectivity index (χ4n) is 6.34. The van der Waals surface area contributed by atoms with Crippen molar-refractivity contribution in [2.45, 2.75) is 105 Å². The van der Waals surface area contributed by atoms with E-state index in [1.807, 2.05) is 18.2 Å². The van der Waals surface area contributed by atoms with Crippen molar-refractivity contribution in [1.29, 1.82) is 0 Å². The number of hydrogen-bond acceptors (Lipinski definition) is 1. The fourth-order valence-corrected chi connectivity index (χ4v) is 7.75. The van der Waals surface area contributed by atoms with Crippen LogP contribution >= 0.6 is 8.15 Å². The second-order valence-corrected chi connectivity index (χ2v) is 17.4. The number of hydrogen-bond donors (Lipinski definition) is 1. The Balaban J connectivity index is 2.24. The molecule has 2 heteroatoms. The van der Waals surface area contributed by atoms with Crippen molar-refractivity contribution < 1.29 is 4.89 Å². The summed E-state index contributed by atoms with van der Waals surface area (Å²) in [7, 11) is -1.58. The predicted molar refractivity (Wildman–Crippen MR) is 187 cm³/mol. The monoisotopic (exact) mass is 578 g/mol. The molecular formula is C40H51OP. The molecule has 0 aromatic heterocycles. The van der Waals surface area contributed by atoms with E-state index in [1.165, 1.54) is 38.9 Å². The quantitative estimate of drug-likeness (QED) is 0.239. The van der Waals surface area contributed by atoms with E-state index < -0.39 is 8.15 Å². The number of benzene rings is 4. The van der Waals surface area contributed by atoms with Crippen molar-refractivity contribution in [3.05, 3.63) is 107 Å². The molecule has 0 amide bonds. The van der Waals surface area contributed by atoms with E-state index in [1.54, 1.807) is 0 Å². The molecule has 0 aliphatic carbocycles. The Hall–Kier alpha value is -2.73. The van der Waals surface area contributed by atoms with Gasteiger partial charge in [-0.25, -0.2) is 0 Å². The molecule has 0 fully saturated rings. The molecule has 0 saturated heterocycles. The first-order chi connectivity index (χ1) is 19.3. The fraction of sp³-hybridized carbons (Fsp3) is 0.400. The van der Waals surface area contributed by atoms with Gasteiger partial charge >= 0.3 is 0 Å². The van der Waals surface area contributed by atoms with E-state index in [2.05, 4.69) is 150 Å². The smallest absolute Gasteiger partial charge is 0.0883 e. The highest BCUT2D eigenvalue weighted by Crippen LogP contribution is 2.48. The average Bonchev–Trinajstić information content (AvgIpc) is 2.90. The summed E-state index contributed by atoms with van der Waals surface area (Å²) >= 11 is 0. The summed E-state index contributed by atoms with van der Waals surface area (Å²) in [6, 6.07) is 30.4. The highest BCUT2D eigenvalue weighted by molar-refractivity contribution is 7.68. The van der Waals surface area contributed by atoms with Crippen LogP contribution in [0.2, 0.25) is 0 Å². The Morgan fingerprint density at radius 3 is 1.33 bits per heavy atom. The van der Waals surface area contributed by atoms with Gasteiger partial charge in [-0.3, -0.25) is 0 Å². The van der Waals surface area contributed by atoms with E-state index in [4.69, 9.17) is 0 Å². The van der Waals surface area contributed by atoms with Crippen molar-refractivity contribution in [2.24, 2.45) is 0 Å². The molecule has 1 unspecified atom stereocenters. The van der Waals surface area contributed by atoms with Crippen LogP contribution in [-0.4, -0.2) is 4.89 Å². The minimum atomic E-state index is -1.58. The minimum Gasteiger partial charge on any atom is -0.364 e. The van der Waals surface area contributed by atoms with Crippen LogP contribution in [0.4, 0.5) is 0 Å². The van der Waals surface area contributed by atoms with E-state index in [9.17, 15) is 4.89 Å². The van der Waals surface area contributed by atoms with Gasteiger partial charge < -0.3 is 4.89 Å². The molecule has 4 aromatic rings. The molecule has 1 N–H and O–H groups in total. The SMILES string of the molecule is CC(C)(C)c1cccc(-c2cccc(P(O)c3ccccc3)c2-c2cccc(C(C)(C)C)c2C(C)(C)C)c1C(C)(C)C. The molecule has 222 valence electrons. The van der Waals surface area contributed by atoms with Crippen molar-refractivity contribution in [1.82, 2.24) is 0 Å². The topological polar surface area (TPSA) is 20.2 Å². The lowest BCUT2D eigenvalue weighted by Crippen LogP contribution is -2.25. The first-order valence-corrected chi connectivity index (χ1v) is 16.6. The third-order valence-corrected chi connectivity index (χ3v) is 9.69. The Kier molecular flexibility index (Phi) is 8.74. The van der Waals surface area contributed by atoms with Gasteiger partial charge in [0.15, 0.2) is 0 Å². The predicted octanol–water partition coefficient (Wildman–Crippen LogP) is 10.6. The van der Waals surface area contributed by atoms with Gasteiger partial charge in [0.1, 0.15) is 0 Å². The standard InChI is InChI=1S/C40H51OP/c1-37(2,3)31-24-16-22-29(35(31)39(7,8)9)28-21-18-26-33(42(41)27-19-14-13-15-20-27)34(28)30-23-17-25-32(38(4,5)6)36(30)40(10,11)12/h13-26,41H,1-12H3. The first-order valence-electron chi connectivity index (χ1n) is 15.3. The van der Waals surface area contributed by atoms with Gasteiger partial charge in [0.25, 0.3) is 0 Å². The number of rotatable bonds is 4. The van der Waals surface area contributed by atoms with Crippen LogP contribution in [0, 0.1) is 0 Å². The summed E-state index contributed by atoms with van der Waals surface area (Å²) < 4.78 is 0. The van der Waals surface area contributed by atoms with Crippen LogP contribution in [0.25, 0.3) is 22.3 Å². The molecule has 0 saturated carbocycles. The van der Waals surface area contributed by atoms with Crippen LogP contribution in [0.3, 0.4) is 0 Å². The maximum Gasteiger partial charge on any atom is 0.0883 e. The highest BCUT2D eigenvalue weighted by atomic mass is 31.1. The summed E-state index contributed by atoms with van der Waals surface area (Å²) in [5, 5.41) is 1.97. The lowest BCUT2D eigenvalue weighted by molar-refractivity contribution is 0.531. The van der Waals surface area contributed by atoms with Crippen molar-refractivity contribution >= 4 is 18.8 Å². The first kappa shape index (κ1) is 32.2. The lowest BCUT2D eigenvalue weighted by Gasteiger charge is -2.35. The summed E-state index contributed by atoms with van der Waals surface area (Å²) in [6.07, 6.45) is 0. The maximum atomic E-state index is 12.1. The van der Waals surface area contributed by atoms with Crippen LogP contribution in [0.5, 0.6) is 0 Å². The van der Waals surface area contributed by atoms with Gasteiger partial charge in [-0.2, -0.15) is 0 Å². The zero-order valence-corrected chi connectivity index (χ0v) is 28.9. The van der Waals surface area contributed by atoms with Crippen molar-refractivity contribution in [2.75, 3.05) is 0 Å². The highest BCUT2D eigenvalue weighted by Gasteiger charge is 2.33. The van der Waals surface area contributed by atoms with Crippen LogP contribution < -0.4 is 10.6 Å². The Bertz CT molecular complexity index is 1550. The van der Waals surface area contributed by atoms with E-state index in [-0.39, 0.29) is 21.7 Å². The second-order valence-electron chi connectivity index (χ2n) is 15.8. The summed E-state index contributed by atoms with van der Waals surface area (Å²) in [5.74, 6) is 0. The molecule has 1 atom stereocenters. The van der Waals surface area contributed by atoms with Crippen LogP contribution in [0.1, 0.15) is 105 Å². The largest absolute Gasteiger partial charge is 0.364 e. The minimum absolute atomic E-state index is 0.00719. The zero-order valence-electron chi connectivity index (χ0n) is 28.0. The van der Waals surface area contributed by atoms with Gasteiger partial charge in [-0.15, -0.1) is 0 Å². The Morgan fingerprint density at radius 2 is 0.857 bits per heavy atom. The molecule has 4 aromatic carbocycles. The normalized spacial score (nSPS) is 13.7. The third-order valence-electron chi connectivity index (χ3n) is 8.08. The Morgan fingerprint density at radius 1 is 0.429 bits per heavy atom. The van der Waals surface area contributed by atoms with Gasteiger partial charge in [0.2, 0.25) is 0 Å². The molecule has 0 aliphatic rings. The molecule has 1 nitrogen and oxygen atoms in total. The summed E-state index contributed by atoms with van der Waals surface area (Å²) in [6.45, 7) is 27.8. The molecule has 0 radical (unpaired) electrons. The van der Waals surface area contributed by atoms with Crippen LogP contribution in [0.15, 0.2) is 84.9 Å². The molecular weight excluding hydrogens is 527 g/mol. The van der Waals surface area contributed by atoms with Gasteiger partial charge in [0.05, 0.1) is 8.15 Å². The second kappa shape index (κ2) is 11.4. The van der Waals surface area contributed by atoms with Gasteiger partial charge in [-0.05, 0) is 60.6 Å². The van der Waals surface area contributed by atoms with Crippen molar-refractivity contribution in [3.8, 4) is 22.3 Å². The van der Waals surface area contributed by atoms with Crippen LogP contribution in [-0.2, 0) is 21.7 Å². The lowest BCUT2D eigenvalue weighted by atomic mass is 9.70. The summed E-state index contributed by atoms with van der Waals surface area (Å²) in [4.78, 5) is 12.1.